The van der Waals surface area contributed by atoms with Crippen LogP contribution < -0.4 is 10.2 Å². The topological polar surface area (TPSA) is 28.2 Å². The fraction of sp³-hybridized carbons (Fsp3) is 0.308. The number of hydrogen-bond acceptors (Lipinski definition) is 3. The number of pyridine rings is 1. The van der Waals surface area contributed by atoms with E-state index < -0.39 is 0 Å². The number of nitrogens with one attached hydrogen (secondary N) is 1. The van der Waals surface area contributed by atoms with Gasteiger partial charge < -0.3 is 10.2 Å². The van der Waals surface area contributed by atoms with E-state index in [-0.39, 0.29) is 0 Å². The van der Waals surface area contributed by atoms with Crippen molar-refractivity contribution in [3.63, 3.8) is 0 Å². The molecule has 3 heterocycles. The fourth-order valence-corrected chi connectivity index (χ4v) is 2.88. The molecule has 1 N–H and O–H groups in total. The van der Waals surface area contributed by atoms with Gasteiger partial charge in [0, 0.05) is 18.3 Å². The number of hydrogen-bond donors (Lipinski definition) is 1. The highest BCUT2D eigenvalue weighted by Gasteiger charge is 2.39. The Morgan fingerprint density at radius 2 is 2.25 bits per heavy atom. The van der Waals surface area contributed by atoms with Crippen molar-refractivity contribution in [2.45, 2.75) is 25.4 Å². The second-order valence-electron chi connectivity index (χ2n) is 4.50. The lowest BCUT2D eigenvalue weighted by atomic mass is 10.0. The van der Waals surface area contributed by atoms with Gasteiger partial charge >= 0.3 is 0 Å². The second kappa shape index (κ2) is 2.88. The molecular weight excluding hydrogens is 198 g/mol. The third-order valence-corrected chi connectivity index (χ3v) is 3.55. The van der Waals surface area contributed by atoms with Crippen LogP contribution in [-0.2, 0) is 0 Å². The zero-order valence-electron chi connectivity index (χ0n) is 8.98. The van der Waals surface area contributed by atoms with E-state index in [1.54, 1.807) is 0 Å². The summed E-state index contributed by atoms with van der Waals surface area (Å²) >= 11 is 0. The Labute approximate surface area is 94.5 Å². The van der Waals surface area contributed by atoms with E-state index in [1.165, 1.54) is 17.7 Å². The molecule has 1 aromatic rings. The van der Waals surface area contributed by atoms with Gasteiger partial charge in [0.05, 0.1) is 5.69 Å². The number of fused-ring (bicyclic) bond motifs is 5. The molecule has 4 rings (SSSR count). The van der Waals surface area contributed by atoms with Crippen LogP contribution in [0.25, 0.3) is 0 Å². The molecular formula is C13H13N3. The standard InChI is InChI=1S/C13H13N3/c1-2-6-11-9(4-1)8-12-15-10-5-3-7-14-13(10)16(11)12/h3-7,12,15H,1-2,8H2. The molecule has 3 nitrogen and oxygen atoms in total. The first-order valence-corrected chi connectivity index (χ1v) is 5.84. The molecule has 1 fully saturated rings. The van der Waals surface area contributed by atoms with Gasteiger partial charge in [0.2, 0.25) is 0 Å². The summed E-state index contributed by atoms with van der Waals surface area (Å²) in [7, 11) is 0. The first-order valence-electron chi connectivity index (χ1n) is 5.84. The van der Waals surface area contributed by atoms with Crippen molar-refractivity contribution >= 4 is 11.5 Å². The maximum absolute atomic E-state index is 4.49. The van der Waals surface area contributed by atoms with Gasteiger partial charge in [-0.05, 0) is 30.5 Å². The number of allylic oxidation sites excluding steroid dienone is 3. The SMILES string of the molecule is C1=C2CC3Nc4cccnc4N3C2=CCC1. The Kier molecular flexibility index (Phi) is 1.51. The summed E-state index contributed by atoms with van der Waals surface area (Å²) in [4.78, 5) is 6.84. The molecule has 80 valence electrons. The monoisotopic (exact) mass is 211 g/mol. The minimum atomic E-state index is 0.389. The Morgan fingerprint density at radius 3 is 3.25 bits per heavy atom. The van der Waals surface area contributed by atoms with Crippen LogP contribution in [0.15, 0.2) is 41.8 Å². The van der Waals surface area contributed by atoms with Crippen LogP contribution >= 0.6 is 0 Å². The van der Waals surface area contributed by atoms with E-state index >= 15 is 0 Å². The van der Waals surface area contributed by atoms with Gasteiger partial charge in [0.1, 0.15) is 6.17 Å². The number of anilines is 2. The summed E-state index contributed by atoms with van der Waals surface area (Å²) in [5, 5.41) is 3.53. The van der Waals surface area contributed by atoms with Crippen LogP contribution in [0.3, 0.4) is 0 Å². The van der Waals surface area contributed by atoms with Crippen molar-refractivity contribution < 1.29 is 0 Å². The average molecular weight is 211 g/mol. The predicted octanol–water partition coefficient (Wildman–Crippen LogP) is 2.65. The first kappa shape index (κ1) is 8.39. The Morgan fingerprint density at radius 1 is 1.31 bits per heavy atom. The summed E-state index contributed by atoms with van der Waals surface area (Å²) in [6.45, 7) is 0. The van der Waals surface area contributed by atoms with Crippen molar-refractivity contribution in [2.75, 3.05) is 10.2 Å². The van der Waals surface area contributed by atoms with Crippen LogP contribution in [0.1, 0.15) is 19.3 Å². The van der Waals surface area contributed by atoms with E-state index in [1.807, 2.05) is 12.3 Å². The van der Waals surface area contributed by atoms with Gasteiger partial charge in [-0.15, -0.1) is 0 Å². The second-order valence-corrected chi connectivity index (χ2v) is 4.50. The highest BCUT2D eigenvalue weighted by molar-refractivity contribution is 5.78. The normalized spacial score (nSPS) is 25.2. The third kappa shape index (κ3) is 0.953. The Hall–Kier alpha value is -1.77. The summed E-state index contributed by atoms with van der Waals surface area (Å²) in [6.07, 6.45) is 10.4. The average Bonchev–Trinajstić information content (AvgIpc) is 2.83. The van der Waals surface area contributed by atoms with E-state index in [0.717, 1.165) is 24.3 Å². The highest BCUT2D eigenvalue weighted by Crippen LogP contribution is 2.45. The summed E-state index contributed by atoms with van der Waals surface area (Å²) in [5.41, 5.74) is 4.03. The summed E-state index contributed by atoms with van der Waals surface area (Å²) in [6, 6.07) is 4.09. The van der Waals surface area contributed by atoms with Gasteiger partial charge in [-0.3, -0.25) is 0 Å². The number of nitrogens with zero attached hydrogens (tertiary/aromatic N) is 2. The molecule has 0 spiro atoms. The Bertz CT molecular complexity index is 516. The van der Waals surface area contributed by atoms with E-state index in [0.29, 0.717) is 6.17 Å². The predicted molar refractivity (Wildman–Crippen MR) is 64.1 cm³/mol. The molecule has 1 unspecified atom stereocenters. The smallest absolute Gasteiger partial charge is 0.158 e. The van der Waals surface area contributed by atoms with Gasteiger partial charge in [0.25, 0.3) is 0 Å². The van der Waals surface area contributed by atoms with Gasteiger partial charge in [0.15, 0.2) is 5.82 Å². The molecule has 0 amide bonds. The van der Waals surface area contributed by atoms with Crippen LogP contribution in [0.5, 0.6) is 0 Å². The minimum Gasteiger partial charge on any atom is -0.362 e. The molecule has 16 heavy (non-hydrogen) atoms. The van der Waals surface area contributed by atoms with E-state index in [4.69, 9.17) is 0 Å². The van der Waals surface area contributed by atoms with Crippen LogP contribution in [0.2, 0.25) is 0 Å². The molecule has 1 atom stereocenters. The zero-order chi connectivity index (χ0) is 10.5. The molecule has 1 saturated heterocycles. The molecule has 2 aliphatic heterocycles. The largest absolute Gasteiger partial charge is 0.362 e. The fourth-order valence-electron chi connectivity index (χ4n) is 2.88. The summed E-state index contributed by atoms with van der Waals surface area (Å²) < 4.78 is 0. The molecule has 0 bridgehead atoms. The third-order valence-electron chi connectivity index (χ3n) is 3.55. The van der Waals surface area contributed by atoms with Crippen molar-refractivity contribution in [3.05, 3.63) is 41.8 Å². The number of aromatic nitrogens is 1. The maximum Gasteiger partial charge on any atom is 0.158 e. The van der Waals surface area contributed by atoms with Crippen LogP contribution in [0.4, 0.5) is 11.5 Å². The van der Waals surface area contributed by atoms with Gasteiger partial charge in [-0.1, -0.05) is 12.2 Å². The molecule has 0 aromatic carbocycles. The molecule has 1 aliphatic carbocycles. The van der Waals surface area contributed by atoms with Crippen LogP contribution in [0, 0.1) is 0 Å². The van der Waals surface area contributed by atoms with Crippen molar-refractivity contribution in [3.8, 4) is 0 Å². The molecule has 3 heteroatoms. The van der Waals surface area contributed by atoms with Crippen molar-refractivity contribution in [2.24, 2.45) is 0 Å². The summed E-state index contributed by atoms with van der Waals surface area (Å²) in [5.74, 6) is 1.09. The van der Waals surface area contributed by atoms with E-state index in [9.17, 15) is 0 Å². The maximum atomic E-state index is 4.49. The lowest BCUT2D eigenvalue weighted by molar-refractivity contribution is 0.806. The molecule has 0 radical (unpaired) electrons. The zero-order valence-corrected chi connectivity index (χ0v) is 8.98. The highest BCUT2D eigenvalue weighted by atomic mass is 15.4. The molecule has 1 aromatic heterocycles. The molecule has 0 saturated carbocycles. The van der Waals surface area contributed by atoms with E-state index in [2.05, 4.69) is 33.4 Å². The van der Waals surface area contributed by atoms with Crippen molar-refractivity contribution in [1.29, 1.82) is 0 Å². The van der Waals surface area contributed by atoms with Gasteiger partial charge in [-0.2, -0.15) is 0 Å². The quantitative estimate of drug-likeness (QED) is 0.715. The lowest BCUT2D eigenvalue weighted by Crippen LogP contribution is -2.28. The van der Waals surface area contributed by atoms with Crippen molar-refractivity contribution in [1.82, 2.24) is 4.98 Å². The minimum absolute atomic E-state index is 0.389. The van der Waals surface area contributed by atoms with Gasteiger partial charge in [-0.25, -0.2) is 4.98 Å². The number of rotatable bonds is 0. The first-order chi connectivity index (χ1) is 7.93. The van der Waals surface area contributed by atoms with Crippen LogP contribution in [-0.4, -0.2) is 11.1 Å². The Balaban J connectivity index is 1.87. The lowest BCUT2D eigenvalue weighted by Gasteiger charge is -2.19. The molecule has 3 aliphatic rings.